The van der Waals surface area contributed by atoms with Crippen LogP contribution in [-0.2, 0) is 17.8 Å². The van der Waals surface area contributed by atoms with Crippen molar-refractivity contribution >= 4 is 11.9 Å². The van der Waals surface area contributed by atoms with Gasteiger partial charge in [-0.3, -0.25) is 4.79 Å². The molecule has 0 saturated carbocycles. The number of amides is 1. The molecule has 0 spiro atoms. The third-order valence-corrected chi connectivity index (χ3v) is 3.66. The van der Waals surface area contributed by atoms with E-state index in [0.717, 1.165) is 18.5 Å². The quantitative estimate of drug-likeness (QED) is 0.794. The molecule has 0 saturated heterocycles. The molecule has 0 aromatic heterocycles. The van der Waals surface area contributed by atoms with Crippen molar-refractivity contribution in [1.82, 2.24) is 4.90 Å². The second kappa shape index (κ2) is 8.26. The Hall–Kier alpha value is -2.66. The van der Waals surface area contributed by atoms with Gasteiger partial charge < -0.3 is 15.4 Å². The number of ketones is 1. The summed E-state index contributed by atoms with van der Waals surface area (Å²) < 4.78 is 4.72. The molecule has 2 aromatic carbocycles. The van der Waals surface area contributed by atoms with E-state index in [4.69, 9.17) is 10.5 Å². The number of carbonyl (C=O) groups is 2. The van der Waals surface area contributed by atoms with Crippen molar-refractivity contribution in [2.24, 2.45) is 5.73 Å². The molecular weight excluding hydrogens is 304 g/mol. The second-order valence-electron chi connectivity index (χ2n) is 5.88. The van der Waals surface area contributed by atoms with Crippen LogP contribution in [0.25, 0.3) is 0 Å². The number of nitrogens with two attached hydrogens (primary N) is 1. The van der Waals surface area contributed by atoms with E-state index in [1.807, 2.05) is 38.4 Å². The summed E-state index contributed by atoms with van der Waals surface area (Å²) in [4.78, 5) is 25.2. The number of benzene rings is 2. The highest BCUT2D eigenvalue weighted by molar-refractivity contribution is 6.08. The number of likely N-dealkylation sites (N-methyl/N-ethyl adjacent to an activating group) is 1. The van der Waals surface area contributed by atoms with Crippen LogP contribution in [0.1, 0.15) is 27.0 Å². The van der Waals surface area contributed by atoms with E-state index in [1.54, 1.807) is 24.3 Å². The fourth-order valence-corrected chi connectivity index (χ4v) is 2.25. The zero-order valence-electron chi connectivity index (χ0n) is 14.0. The molecule has 0 heterocycles. The number of ether oxygens (including phenoxy) is 1. The molecule has 2 aromatic rings. The molecule has 0 atom stereocenters. The highest BCUT2D eigenvalue weighted by Gasteiger charge is 2.09. The SMILES string of the molecule is CN(C)CCc1ccc(C(=O)c2ccc(COC(N)=O)cc2)cc1. The molecule has 1 amide bonds. The van der Waals surface area contributed by atoms with Crippen LogP contribution in [0.3, 0.4) is 0 Å². The third-order valence-electron chi connectivity index (χ3n) is 3.66. The van der Waals surface area contributed by atoms with E-state index in [0.29, 0.717) is 11.1 Å². The first-order chi connectivity index (χ1) is 11.5. The molecule has 126 valence electrons. The van der Waals surface area contributed by atoms with Crippen LogP contribution < -0.4 is 5.73 Å². The molecule has 0 unspecified atom stereocenters. The summed E-state index contributed by atoms with van der Waals surface area (Å²) in [5.74, 6) is -0.0310. The van der Waals surface area contributed by atoms with Crippen molar-refractivity contribution in [2.75, 3.05) is 20.6 Å². The lowest BCUT2D eigenvalue weighted by atomic mass is 10.0. The lowest BCUT2D eigenvalue weighted by Gasteiger charge is -2.09. The van der Waals surface area contributed by atoms with Crippen LogP contribution >= 0.6 is 0 Å². The zero-order chi connectivity index (χ0) is 17.5. The van der Waals surface area contributed by atoms with Gasteiger partial charge in [0, 0.05) is 17.7 Å². The van der Waals surface area contributed by atoms with Gasteiger partial charge in [-0.05, 0) is 31.6 Å². The van der Waals surface area contributed by atoms with Crippen LogP contribution in [0.15, 0.2) is 48.5 Å². The Balaban J connectivity index is 2.01. The number of rotatable bonds is 7. The largest absolute Gasteiger partial charge is 0.445 e. The average Bonchev–Trinajstić information content (AvgIpc) is 2.58. The lowest BCUT2D eigenvalue weighted by molar-refractivity contribution is 0.103. The van der Waals surface area contributed by atoms with Gasteiger partial charge in [0.05, 0.1) is 0 Å². The topological polar surface area (TPSA) is 72.6 Å². The Bertz CT molecular complexity index is 692. The first-order valence-electron chi connectivity index (χ1n) is 7.75. The van der Waals surface area contributed by atoms with Gasteiger partial charge in [0.2, 0.25) is 0 Å². The fourth-order valence-electron chi connectivity index (χ4n) is 2.25. The van der Waals surface area contributed by atoms with Crippen LogP contribution in [0.5, 0.6) is 0 Å². The Kier molecular flexibility index (Phi) is 6.09. The van der Waals surface area contributed by atoms with Gasteiger partial charge in [0.15, 0.2) is 5.78 Å². The average molecular weight is 326 g/mol. The molecular formula is C19H22N2O3. The number of hydrogen-bond acceptors (Lipinski definition) is 4. The van der Waals surface area contributed by atoms with Gasteiger partial charge in [-0.1, -0.05) is 48.5 Å². The van der Waals surface area contributed by atoms with Crippen LogP contribution in [0.4, 0.5) is 4.79 Å². The minimum atomic E-state index is -0.815. The summed E-state index contributed by atoms with van der Waals surface area (Å²) in [6.07, 6.45) is 0.139. The van der Waals surface area contributed by atoms with Crippen molar-refractivity contribution < 1.29 is 14.3 Å². The van der Waals surface area contributed by atoms with Crippen molar-refractivity contribution in [3.63, 3.8) is 0 Å². The Morgan fingerprint density at radius 2 is 1.42 bits per heavy atom. The number of carbonyl (C=O) groups excluding carboxylic acids is 2. The third kappa shape index (κ3) is 5.21. The predicted octanol–water partition coefficient (Wildman–Crippen LogP) is 2.62. The standard InChI is InChI=1S/C19H22N2O3/c1-21(2)12-11-14-3-7-16(8-4-14)18(22)17-9-5-15(6-10-17)13-24-19(20)23/h3-10H,11-13H2,1-2H3,(H2,20,23). The van der Waals surface area contributed by atoms with E-state index in [9.17, 15) is 9.59 Å². The van der Waals surface area contributed by atoms with Gasteiger partial charge in [-0.25, -0.2) is 4.79 Å². The number of primary amides is 1. The predicted molar refractivity (Wildman–Crippen MR) is 92.9 cm³/mol. The van der Waals surface area contributed by atoms with Gasteiger partial charge in [-0.15, -0.1) is 0 Å². The van der Waals surface area contributed by atoms with Crippen molar-refractivity contribution in [3.05, 3.63) is 70.8 Å². The molecule has 0 radical (unpaired) electrons. The lowest BCUT2D eigenvalue weighted by Crippen LogP contribution is -2.15. The molecule has 5 heteroatoms. The number of hydrogen-bond donors (Lipinski definition) is 1. The van der Waals surface area contributed by atoms with Gasteiger partial charge in [0.25, 0.3) is 0 Å². The molecule has 5 nitrogen and oxygen atoms in total. The summed E-state index contributed by atoms with van der Waals surface area (Å²) in [6, 6.07) is 14.7. The summed E-state index contributed by atoms with van der Waals surface area (Å²) >= 11 is 0. The Morgan fingerprint density at radius 3 is 1.88 bits per heavy atom. The summed E-state index contributed by atoms with van der Waals surface area (Å²) in [7, 11) is 4.08. The zero-order valence-corrected chi connectivity index (χ0v) is 14.0. The highest BCUT2D eigenvalue weighted by atomic mass is 16.5. The Morgan fingerprint density at radius 1 is 0.917 bits per heavy atom. The minimum absolute atomic E-state index is 0.0310. The maximum atomic E-state index is 12.5. The molecule has 0 fully saturated rings. The first-order valence-corrected chi connectivity index (χ1v) is 7.75. The number of nitrogens with zero attached hydrogens (tertiary/aromatic N) is 1. The van der Waals surface area contributed by atoms with Gasteiger partial charge in [0.1, 0.15) is 6.61 Å². The van der Waals surface area contributed by atoms with E-state index >= 15 is 0 Å². The second-order valence-corrected chi connectivity index (χ2v) is 5.88. The van der Waals surface area contributed by atoms with E-state index in [1.165, 1.54) is 5.56 Å². The van der Waals surface area contributed by atoms with E-state index in [-0.39, 0.29) is 12.4 Å². The van der Waals surface area contributed by atoms with Crippen LogP contribution in [0.2, 0.25) is 0 Å². The van der Waals surface area contributed by atoms with Gasteiger partial charge >= 0.3 is 6.09 Å². The molecule has 0 aliphatic carbocycles. The van der Waals surface area contributed by atoms with Crippen LogP contribution in [-0.4, -0.2) is 37.4 Å². The van der Waals surface area contributed by atoms with Crippen molar-refractivity contribution in [1.29, 1.82) is 0 Å². The van der Waals surface area contributed by atoms with Gasteiger partial charge in [-0.2, -0.15) is 0 Å². The normalized spacial score (nSPS) is 10.6. The monoisotopic (exact) mass is 326 g/mol. The Labute approximate surface area is 142 Å². The van der Waals surface area contributed by atoms with Crippen molar-refractivity contribution in [2.45, 2.75) is 13.0 Å². The smallest absolute Gasteiger partial charge is 0.404 e. The summed E-state index contributed by atoms with van der Waals surface area (Å²) in [5, 5.41) is 0. The fraction of sp³-hybridized carbons (Fsp3) is 0.263. The molecule has 0 aliphatic heterocycles. The highest BCUT2D eigenvalue weighted by Crippen LogP contribution is 2.13. The van der Waals surface area contributed by atoms with E-state index in [2.05, 4.69) is 4.90 Å². The molecule has 0 bridgehead atoms. The van der Waals surface area contributed by atoms with Crippen molar-refractivity contribution in [3.8, 4) is 0 Å². The molecule has 0 aliphatic rings. The minimum Gasteiger partial charge on any atom is -0.445 e. The maximum absolute atomic E-state index is 12.5. The van der Waals surface area contributed by atoms with E-state index < -0.39 is 6.09 Å². The van der Waals surface area contributed by atoms with Crippen LogP contribution in [0, 0.1) is 0 Å². The molecule has 2 N–H and O–H groups in total. The molecule has 2 rings (SSSR count). The summed E-state index contributed by atoms with van der Waals surface area (Å²) in [5.41, 5.74) is 8.17. The summed E-state index contributed by atoms with van der Waals surface area (Å²) in [6.45, 7) is 1.08. The first kappa shape index (κ1) is 17.7. The molecule has 24 heavy (non-hydrogen) atoms. The maximum Gasteiger partial charge on any atom is 0.404 e.